The molecule has 1 heterocycles. The molecule has 27 heavy (non-hydrogen) atoms. The quantitative estimate of drug-likeness (QED) is 0.663. The van der Waals surface area contributed by atoms with E-state index in [9.17, 15) is 9.59 Å². The molecule has 0 spiro atoms. The van der Waals surface area contributed by atoms with E-state index in [0.717, 1.165) is 0 Å². The van der Waals surface area contributed by atoms with Crippen LogP contribution in [0, 0.1) is 0 Å². The molecule has 2 N–H and O–H groups in total. The Hall–Kier alpha value is -3.38. The van der Waals surface area contributed by atoms with E-state index in [1.165, 1.54) is 13.2 Å². The molecule has 136 valence electrons. The molecule has 7 heteroatoms. The van der Waals surface area contributed by atoms with Gasteiger partial charge in [-0.2, -0.15) is 0 Å². The zero-order chi connectivity index (χ0) is 19.2. The summed E-state index contributed by atoms with van der Waals surface area (Å²) in [5.74, 6) is -0.605. The largest absolute Gasteiger partial charge is 0.354 e. The maximum Gasteiger partial charge on any atom is 0.270 e. The SMILES string of the molecule is CNC(=O)c1cc(N(NC(=O)c2ccccc2)c2ccc(Cl)cc2)ccn1. The number of nitrogens with one attached hydrogen (secondary N) is 2. The van der Waals surface area contributed by atoms with Gasteiger partial charge in [-0.1, -0.05) is 29.8 Å². The number of hydrazine groups is 1. The molecular formula is C20H17ClN4O2. The molecule has 0 radical (unpaired) electrons. The Morgan fingerprint density at radius 2 is 1.63 bits per heavy atom. The predicted molar refractivity (Wildman–Crippen MR) is 105 cm³/mol. The molecule has 6 nitrogen and oxygen atoms in total. The molecule has 0 unspecified atom stereocenters. The van der Waals surface area contributed by atoms with Crippen molar-refractivity contribution in [1.29, 1.82) is 0 Å². The molecule has 3 aromatic rings. The summed E-state index contributed by atoms with van der Waals surface area (Å²) in [5.41, 5.74) is 4.87. The highest BCUT2D eigenvalue weighted by molar-refractivity contribution is 6.30. The molecule has 0 saturated carbocycles. The summed E-state index contributed by atoms with van der Waals surface area (Å²) in [5, 5.41) is 4.70. The van der Waals surface area contributed by atoms with Crippen LogP contribution in [0.15, 0.2) is 72.9 Å². The summed E-state index contributed by atoms with van der Waals surface area (Å²) in [6.45, 7) is 0. The van der Waals surface area contributed by atoms with Gasteiger partial charge in [-0.3, -0.25) is 25.0 Å². The third kappa shape index (κ3) is 4.43. The van der Waals surface area contributed by atoms with Crippen LogP contribution >= 0.6 is 11.6 Å². The van der Waals surface area contributed by atoms with Crippen molar-refractivity contribution in [3.8, 4) is 0 Å². The Kier molecular flexibility index (Phi) is 5.68. The Morgan fingerprint density at radius 1 is 0.926 bits per heavy atom. The van der Waals surface area contributed by atoms with Crippen LogP contribution in [0.5, 0.6) is 0 Å². The zero-order valence-corrected chi connectivity index (χ0v) is 15.3. The molecule has 0 aliphatic rings. The topological polar surface area (TPSA) is 74.3 Å². The summed E-state index contributed by atoms with van der Waals surface area (Å²) in [4.78, 5) is 28.7. The van der Waals surface area contributed by atoms with Gasteiger partial charge in [-0.05, 0) is 48.5 Å². The van der Waals surface area contributed by atoms with Crippen LogP contribution in [0.3, 0.4) is 0 Å². The number of aromatic nitrogens is 1. The lowest BCUT2D eigenvalue weighted by molar-refractivity contribution is 0.0949. The van der Waals surface area contributed by atoms with Crippen molar-refractivity contribution in [2.75, 3.05) is 12.1 Å². The first-order valence-electron chi connectivity index (χ1n) is 8.18. The van der Waals surface area contributed by atoms with E-state index < -0.39 is 0 Å². The van der Waals surface area contributed by atoms with Crippen LogP contribution in [0.25, 0.3) is 0 Å². The number of nitrogens with zero attached hydrogens (tertiary/aromatic N) is 2. The minimum absolute atomic E-state index is 0.239. The molecule has 0 aliphatic carbocycles. The monoisotopic (exact) mass is 380 g/mol. The van der Waals surface area contributed by atoms with Crippen LogP contribution in [0.4, 0.5) is 11.4 Å². The highest BCUT2D eigenvalue weighted by atomic mass is 35.5. The number of halogens is 1. The van der Waals surface area contributed by atoms with Crippen LogP contribution < -0.4 is 15.8 Å². The van der Waals surface area contributed by atoms with Gasteiger partial charge in [0, 0.05) is 23.8 Å². The second-order valence-corrected chi connectivity index (χ2v) is 6.03. The first-order valence-corrected chi connectivity index (χ1v) is 8.56. The van der Waals surface area contributed by atoms with Gasteiger partial charge >= 0.3 is 0 Å². The number of pyridine rings is 1. The van der Waals surface area contributed by atoms with Gasteiger partial charge in [0.1, 0.15) is 5.69 Å². The van der Waals surface area contributed by atoms with E-state index in [4.69, 9.17) is 11.6 Å². The van der Waals surface area contributed by atoms with Crippen molar-refractivity contribution in [3.63, 3.8) is 0 Å². The average molecular weight is 381 g/mol. The highest BCUT2D eigenvalue weighted by Crippen LogP contribution is 2.25. The number of rotatable bonds is 5. The minimum Gasteiger partial charge on any atom is -0.354 e. The van der Waals surface area contributed by atoms with E-state index >= 15 is 0 Å². The summed E-state index contributed by atoms with van der Waals surface area (Å²) >= 11 is 5.98. The molecule has 3 rings (SSSR count). The summed E-state index contributed by atoms with van der Waals surface area (Å²) in [7, 11) is 1.53. The number of amides is 2. The minimum atomic E-state index is -0.317. The Balaban J connectivity index is 1.99. The third-order valence-electron chi connectivity index (χ3n) is 3.80. The smallest absolute Gasteiger partial charge is 0.270 e. The van der Waals surface area contributed by atoms with Gasteiger partial charge in [0.05, 0.1) is 11.4 Å². The number of carbonyl (C=O) groups is 2. The van der Waals surface area contributed by atoms with Crippen molar-refractivity contribution >= 4 is 34.8 Å². The lowest BCUT2D eigenvalue weighted by Crippen LogP contribution is -2.39. The van der Waals surface area contributed by atoms with Gasteiger partial charge in [0.2, 0.25) is 0 Å². The Labute approximate surface area is 161 Å². The second kappa shape index (κ2) is 8.33. The van der Waals surface area contributed by atoms with Crippen LogP contribution in [0.1, 0.15) is 20.8 Å². The van der Waals surface area contributed by atoms with Gasteiger partial charge in [-0.25, -0.2) is 0 Å². The van der Waals surface area contributed by atoms with Crippen LogP contribution in [-0.4, -0.2) is 23.8 Å². The molecule has 0 aliphatic heterocycles. The van der Waals surface area contributed by atoms with Gasteiger partial charge in [-0.15, -0.1) is 0 Å². The van der Waals surface area contributed by atoms with E-state index in [1.807, 2.05) is 6.07 Å². The fourth-order valence-corrected chi connectivity index (χ4v) is 2.56. The first kappa shape index (κ1) is 18.4. The van der Waals surface area contributed by atoms with E-state index in [-0.39, 0.29) is 17.5 Å². The highest BCUT2D eigenvalue weighted by Gasteiger charge is 2.16. The van der Waals surface area contributed by atoms with Gasteiger partial charge < -0.3 is 5.32 Å². The Bertz CT molecular complexity index is 946. The number of anilines is 2. The molecule has 0 atom stereocenters. The van der Waals surface area contributed by atoms with E-state index in [0.29, 0.717) is 22.0 Å². The summed E-state index contributed by atoms with van der Waals surface area (Å²) in [6.07, 6.45) is 1.51. The molecule has 0 bridgehead atoms. The second-order valence-electron chi connectivity index (χ2n) is 5.60. The fourth-order valence-electron chi connectivity index (χ4n) is 2.43. The fraction of sp³-hybridized carbons (Fsp3) is 0.0500. The first-order chi connectivity index (χ1) is 13.1. The predicted octanol–water partition coefficient (Wildman–Crippen LogP) is 3.58. The van der Waals surface area contributed by atoms with Crippen molar-refractivity contribution in [2.24, 2.45) is 0 Å². The van der Waals surface area contributed by atoms with Crippen molar-refractivity contribution in [1.82, 2.24) is 15.7 Å². The van der Waals surface area contributed by atoms with Crippen molar-refractivity contribution < 1.29 is 9.59 Å². The molecular weight excluding hydrogens is 364 g/mol. The molecule has 1 aromatic heterocycles. The zero-order valence-electron chi connectivity index (χ0n) is 14.5. The van der Waals surface area contributed by atoms with Crippen LogP contribution in [-0.2, 0) is 0 Å². The number of carbonyl (C=O) groups excluding carboxylic acids is 2. The molecule has 0 fully saturated rings. The Morgan fingerprint density at radius 3 is 2.30 bits per heavy atom. The van der Waals surface area contributed by atoms with E-state index in [2.05, 4.69) is 15.7 Å². The number of benzene rings is 2. The lowest BCUT2D eigenvalue weighted by Gasteiger charge is -2.25. The third-order valence-corrected chi connectivity index (χ3v) is 4.05. The average Bonchev–Trinajstić information content (AvgIpc) is 2.72. The number of hydrogen-bond donors (Lipinski definition) is 2. The summed E-state index contributed by atoms with van der Waals surface area (Å²) < 4.78 is 0. The standard InChI is InChI=1S/C20H17ClN4O2/c1-22-20(27)18-13-17(11-12-23-18)25(16-9-7-15(21)8-10-16)24-19(26)14-5-3-2-4-6-14/h2-13H,1H3,(H,22,27)(H,24,26). The van der Waals surface area contributed by atoms with Gasteiger partial charge in [0.25, 0.3) is 11.8 Å². The molecule has 2 amide bonds. The van der Waals surface area contributed by atoms with Gasteiger partial charge in [0.15, 0.2) is 0 Å². The summed E-state index contributed by atoms with van der Waals surface area (Å²) in [6, 6.07) is 19.1. The normalized spacial score (nSPS) is 10.1. The lowest BCUT2D eigenvalue weighted by atomic mass is 10.2. The van der Waals surface area contributed by atoms with E-state index in [1.54, 1.807) is 65.7 Å². The number of hydrogen-bond acceptors (Lipinski definition) is 4. The maximum absolute atomic E-state index is 12.7. The van der Waals surface area contributed by atoms with Crippen LogP contribution in [0.2, 0.25) is 5.02 Å². The van der Waals surface area contributed by atoms with Crippen molar-refractivity contribution in [2.45, 2.75) is 0 Å². The molecule has 2 aromatic carbocycles. The van der Waals surface area contributed by atoms with Crippen molar-refractivity contribution in [3.05, 3.63) is 89.2 Å². The maximum atomic E-state index is 12.7. The molecule has 0 saturated heterocycles.